The van der Waals surface area contributed by atoms with E-state index in [0.29, 0.717) is 20.9 Å². The van der Waals surface area contributed by atoms with Crippen LogP contribution in [-0.2, 0) is 10.2 Å². The van der Waals surface area contributed by atoms with Crippen molar-refractivity contribution in [2.24, 2.45) is 5.92 Å². The first-order valence-corrected chi connectivity index (χ1v) is 13.5. The number of ether oxygens (including phenoxy) is 1. The first kappa shape index (κ1) is 27.1. The molecule has 1 heterocycles. The van der Waals surface area contributed by atoms with E-state index >= 15 is 0 Å². The smallest absolute Gasteiger partial charge is 0.255 e. The molecule has 5 rings (SSSR count). The molecule has 0 atom stereocenters. The Bertz CT molecular complexity index is 1770. The highest BCUT2D eigenvalue weighted by atomic mass is 35.5. The molecule has 2 N–H and O–H groups in total. The van der Waals surface area contributed by atoms with Gasteiger partial charge in [0.15, 0.2) is 5.13 Å². The van der Waals surface area contributed by atoms with E-state index in [0.717, 1.165) is 35.8 Å². The van der Waals surface area contributed by atoms with Gasteiger partial charge in [-0.1, -0.05) is 41.0 Å². The average molecular weight is 573 g/mol. The van der Waals surface area contributed by atoms with Gasteiger partial charge in [-0.25, -0.2) is 9.37 Å². The minimum atomic E-state index is -0.764. The van der Waals surface area contributed by atoms with Crippen LogP contribution in [0.25, 0.3) is 10.2 Å². The number of aromatic nitrogens is 1. The van der Waals surface area contributed by atoms with Crippen LogP contribution in [0, 0.1) is 35.4 Å². The first-order valence-electron chi connectivity index (χ1n) is 12.3. The Balaban J connectivity index is 1.41. The number of carbonyl (C=O) groups excluding carboxylic acids is 2. The fourth-order valence-electron chi connectivity index (χ4n) is 3.92. The summed E-state index contributed by atoms with van der Waals surface area (Å²) in [6, 6.07) is 14.4. The average Bonchev–Trinajstić information content (AvgIpc) is 3.71. The number of hydrogen-bond acceptors (Lipinski definition) is 6. The number of rotatable bonds is 7. The van der Waals surface area contributed by atoms with Crippen molar-refractivity contribution in [2.75, 3.05) is 10.6 Å². The number of nitrogens with one attached hydrogen (secondary N) is 2. The van der Waals surface area contributed by atoms with Gasteiger partial charge in [0.1, 0.15) is 28.9 Å². The van der Waals surface area contributed by atoms with Crippen LogP contribution in [-0.4, -0.2) is 16.8 Å². The van der Waals surface area contributed by atoms with Crippen LogP contribution in [0.2, 0.25) is 5.02 Å². The van der Waals surface area contributed by atoms with E-state index < -0.39 is 17.1 Å². The Labute approximate surface area is 238 Å². The summed E-state index contributed by atoms with van der Waals surface area (Å²) in [5.74, 6) is 1.49. The van der Waals surface area contributed by atoms with Gasteiger partial charge in [0.05, 0.1) is 26.3 Å². The van der Waals surface area contributed by atoms with Gasteiger partial charge in [-0.2, -0.15) is 5.26 Å². The second-order valence-electron chi connectivity index (χ2n) is 9.85. The highest BCUT2D eigenvalue weighted by molar-refractivity contribution is 7.22. The molecule has 40 heavy (non-hydrogen) atoms. The van der Waals surface area contributed by atoms with E-state index in [4.69, 9.17) is 22.8 Å². The van der Waals surface area contributed by atoms with E-state index in [9.17, 15) is 19.2 Å². The first-order chi connectivity index (χ1) is 19.1. The van der Waals surface area contributed by atoms with Gasteiger partial charge in [-0.15, -0.1) is 6.42 Å². The molecule has 200 valence electrons. The molecule has 0 saturated heterocycles. The van der Waals surface area contributed by atoms with Crippen LogP contribution >= 0.6 is 22.9 Å². The maximum absolute atomic E-state index is 14.8. The minimum Gasteiger partial charge on any atom is -0.454 e. The predicted octanol–water partition coefficient (Wildman–Crippen LogP) is 7.26. The molecule has 10 heteroatoms. The molecule has 7 nitrogen and oxygen atoms in total. The molecule has 0 radical (unpaired) electrons. The van der Waals surface area contributed by atoms with Gasteiger partial charge in [0, 0.05) is 17.5 Å². The standard InChI is InChI=1S/C30H22ClFN4O3S/c1-4-30(2,3)18-7-5-6-17(12-18)28(38)34-23-14-25(20(31)13-21(23)32)39-24-11-10-22-26(19(24)15-33)40-29(35-22)36-27(37)16-8-9-16/h1,5-7,10-14,16H,8-9H2,2-3H3,(H,34,38)(H,35,36,37). The number of nitrogens with zero attached hydrogens (tertiary/aromatic N) is 2. The summed E-state index contributed by atoms with van der Waals surface area (Å²) in [5, 5.41) is 15.6. The van der Waals surface area contributed by atoms with Crippen molar-refractivity contribution in [1.82, 2.24) is 4.98 Å². The quantitative estimate of drug-likeness (QED) is 0.227. The van der Waals surface area contributed by atoms with Gasteiger partial charge < -0.3 is 15.4 Å². The van der Waals surface area contributed by atoms with E-state index in [1.54, 1.807) is 30.3 Å². The molecule has 1 aliphatic carbocycles. The second kappa shape index (κ2) is 10.6. The fourth-order valence-corrected chi connectivity index (χ4v) is 5.06. The Kier molecular flexibility index (Phi) is 7.20. The molecule has 1 fully saturated rings. The summed E-state index contributed by atoms with van der Waals surface area (Å²) in [5.41, 5.74) is 1.01. The zero-order chi connectivity index (χ0) is 28.6. The third kappa shape index (κ3) is 5.48. The molecule has 0 bridgehead atoms. The van der Waals surface area contributed by atoms with E-state index in [1.807, 2.05) is 19.9 Å². The molecule has 1 aliphatic rings. The lowest BCUT2D eigenvalue weighted by molar-refractivity contribution is -0.117. The van der Waals surface area contributed by atoms with Gasteiger partial charge >= 0.3 is 0 Å². The molecule has 1 saturated carbocycles. The van der Waals surface area contributed by atoms with Crippen LogP contribution < -0.4 is 15.4 Å². The van der Waals surface area contributed by atoms with Crippen molar-refractivity contribution in [2.45, 2.75) is 32.1 Å². The van der Waals surface area contributed by atoms with Crippen molar-refractivity contribution < 1.29 is 18.7 Å². The van der Waals surface area contributed by atoms with Gasteiger partial charge in [-0.05, 0) is 62.6 Å². The summed E-state index contributed by atoms with van der Waals surface area (Å²) in [6.07, 6.45) is 7.33. The molecule has 1 aromatic heterocycles. The van der Waals surface area contributed by atoms with Crippen molar-refractivity contribution in [3.63, 3.8) is 0 Å². The number of anilines is 2. The van der Waals surface area contributed by atoms with Gasteiger partial charge in [0.2, 0.25) is 5.91 Å². The SMILES string of the molecule is C#CC(C)(C)c1cccc(C(=O)Nc2cc(Oc3ccc4nc(NC(=O)C5CC5)sc4c3C#N)c(Cl)cc2F)c1. The maximum Gasteiger partial charge on any atom is 0.255 e. The number of halogens is 2. The van der Waals surface area contributed by atoms with Crippen molar-refractivity contribution in [1.29, 1.82) is 5.26 Å². The molecular formula is C30H22ClFN4O3S. The zero-order valence-electron chi connectivity index (χ0n) is 21.5. The van der Waals surface area contributed by atoms with Crippen LogP contribution in [0.1, 0.15) is 48.2 Å². The Hall–Kier alpha value is -4.44. The van der Waals surface area contributed by atoms with Gasteiger partial charge in [-0.3, -0.25) is 9.59 Å². The number of benzene rings is 3. The molecular weight excluding hydrogens is 551 g/mol. The Morgan fingerprint density at radius 2 is 1.95 bits per heavy atom. The summed E-state index contributed by atoms with van der Waals surface area (Å²) < 4.78 is 21.3. The van der Waals surface area contributed by atoms with Crippen molar-refractivity contribution in [3.8, 4) is 29.9 Å². The number of fused-ring (bicyclic) bond motifs is 1. The number of hydrogen-bond donors (Lipinski definition) is 2. The highest BCUT2D eigenvalue weighted by Gasteiger charge is 2.30. The topological polar surface area (TPSA) is 104 Å². The van der Waals surface area contributed by atoms with Crippen molar-refractivity contribution >= 4 is 55.8 Å². The molecule has 3 aromatic carbocycles. The molecule has 4 aromatic rings. The van der Waals surface area contributed by atoms with Crippen LogP contribution in [0.3, 0.4) is 0 Å². The lowest BCUT2D eigenvalue weighted by Gasteiger charge is -2.19. The third-order valence-electron chi connectivity index (χ3n) is 6.51. The van der Waals surface area contributed by atoms with E-state index in [2.05, 4.69) is 27.6 Å². The lowest BCUT2D eigenvalue weighted by Crippen LogP contribution is -2.17. The number of terminal acetylenes is 1. The van der Waals surface area contributed by atoms with E-state index in [1.165, 1.54) is 6.07 Å². The van der Waals surface area contributed by atoms with Gasteiger partial charge in [0.25, 0.3) is 5.91 Å². The zero-order valence-corrected chi connectivity index (χ0v) is 23.0. The minimum absolute atomic E-state index is 0.00961. The lowest BCUT2D eigenvalue weighted by atomic mass is 9.85. The van der Waals surface area contributed by atoms with Crippen molar-refractivity contribution in [3.05, 3.63) is 76.1 Å². The molecule has 2 amide bonds. The summed E-state index contributed by atoms with van der Waals surface area (Å²) in [6.45, 7) is 3.72. The highest BCUT2D eigenvalue weighted by Crippen LogP contribution is 2.40. The van der Waals surface area contributed by atoms with Crippen LogP contribution in [0.5, 0.6) is 11.5 Å². The van der Waals surface area contributed by atoms with E-state index in [-0.39, 0.29) is 39.6 Å². The number of carbonyl (C=O) groups is 2. The Morgan fingerprint density at radius 3 is 2.65 bits per heavy atom. The normalized spacial score (nSPS) is 12.8. The molecule has 0 unspecified atom stereocenters. The molecule has 0 spiro atoms. The Morgan fingerprint density at radius 1 is 1.18 bits per heavy atom. The van der Waals surface area contributed by atoms with Crippen LogP contribution in [0.4, 0.5) is 15.2 Å². The number of thiazole rings is 1. The largest absolute Gasteiger partial charge is 0.454 e. The second-order valence-corrected chi connectivity index (χ2v) is 11.3. The summed E-state index contributed by atoms with van der Waals surface area (Å²) in [7, 11) is 0. The predicted molar refractivity (Wildman–Crippen MR) is 153 cm³/mol. The number of nitriles is 1. The summed E-state index contributed by atoms with van der Waals surface area (Å²) >= 11 is 7.42. The monoisotopic (exact) mass is 572 g/mol. The third-order valence-corrected chi connectivity index (χ3v) is 7.81. The van der Waals surface area contributed by atoms with Crippen LogP contribution in [0.15, 0.2) is 48.5 Å². The fraction of sp³-hybridized carbons (Fsp3) is 0.200. The number of amides is 2. The maximum atomic E-state index is 14.8. The molecule has 0 aliphatic heterocycles. The summed E-state index contributed by atoms with van der Waals surface area (Å²) in [4.78, 5) is 29.5.